The summed E-state index contributed by atoms with van der Waals surface area (Å²) in [6.45, 7) is 12.5. The third kappa shape index (κ3) is 6.07. The van der Waals surface area contributed by atoms with Gasteiger partial charge in [-0.2, -0.15) is 0 Å². The smallest absolute Gasteiger partial charge is 0.154 e. The maximum Gasteiger partial charge on any atom is 0.154 e. The summed E-state index contributed by atoms with van der Waals surface area (Å²) < 4.78 is 2.10. The number of hydrogen-bond acceptors (Lipinski definition) is 6. The zero-order valence-electron chi connectivity index (χ0n) is 18.4. The molecule has 2 rings (SSSR count). The fourth-order valence-electron chi connectivity index (χ4n) is 3.18. The number of pyridine rings is 1. The normalized spacial score (nSPS) is 12.5. The molecule has 7 nitrogen and oxygen atoms in total. The summed E-state index contributed by atoms with van der Waals surface area (Å²) in [5.74, 6) is 2.16. The van der Waals surface area contributed by atoms with E-state index in [4.69, 9.17) is 10.7 Å². The Balaban J connectivity index is 2.24. The number of unbranched alkanes of at least 4 members (excludes halogenated alkanes) is 1. The Morgan fingerprint density at radius 3 is 2.61 bits per heavy atom. The molecule has 0 unspecified atom stereocenters. The monoisotopic (exact) mass is 390 g/mol. The first-order chi connectivity index (χ1) is 13.1. The van der Waals surface area contributed by atoms with Crippen LogP contribution in [-0.4, -0.2) is 56.3 Å². The molecule has 0 saturated carbocycles. The standard InChI is InChI=1S/C21H38N6O/c1-7-8-10-18-25-19-16(27(18)14-21(4,5)28)13-17(24-20(19)22)23-11-9-12-26(6)15(2)3/h13,15,28H,7-12,14H2,1-6H3,(H3,22,23,24). The van der Waals surface area contributed by atoms with Gasteiger partial charge in [-0.1, -0.05) is 13.3 Å². The molecule has 0 saturated heterocycles. The van der Waals surface area contributed by atoms with Crippen molar-refractivity contribution in [2.24, 2.45) is 0 Å². The van der Waals surface area contributed by atoms with Crippen LogP contribution in [0.15, 0.2) is 6.07 Å². The molecular formula is C21H38N6O. The highest BCUT2D eigenvalue weighted by molar-refractivity contribution is 5.88. The number of aromatic nitrogens is 3. The average molecular weight is 391 g/mol. The molecule has 158 valence electrons. The summed E-state index contributed by atoms with van der Waals surface area (Å²) in [5, 5.41) is 13.8. The van der Waals surface area contributed by atoms with Crippen LogP contribution >= 0.6 is 0 Å². The highest BCUT2D eigenvalue weighted by atomic mass is 16.3. The van der Waals surface area contributed by atoms with Gasteiger partial charge in [0.1, 0.15) is 17.2 Å². The summed E-state index contributed by atoms with van der Waals surface area (Å²) >= 11 is 0. The summed E-state index contributed by atoms with van der Waals surface area (Å²) in [7, 11) is 2.14. The number of nitrogen functional groups attached to an aromatic ring is 1. The molecule has 0 bridgehead atoms. The van der Waals surface area contributed by atoms with E-state index in [0.29, 0.717) is 18.4 Å². The molecule has 28 heavy (non-hydrogen) atoms. The van der Waals surface area contributed by atoms with Crippen molar-refractivity contribution >= 4 is 22.7 Å². The fraction of sp³-hybridized carbons (Fsp3) is 0.714. The van der Waals surface area contributed by atoms with Gasteiger partial charge in [0.2, 0.25) is 0 Å². The van der Waals surface area contributed by atoms with Gasteiger partial charge in [-0.3, -0.25) is 0 Å². The molecule has 4 N–H and O–H groups in total. The van der Waals surface area contributed by atoms with Crippen molar-refractivity contribution in [2.45, 2.75) is 78.5 Å². The first-order valence-corrected chi connectivity index (χ1v) is 10.4. The molecule has 0 spiro atoms. The predicted octanol–water partition coefficient (Wildman–Crippen LogP) is 3.27. The summed E-state index contributed by atoms with van der Waals surface area (Å²) in [6, 6.07) is 2.55. The van der Waals surface area contributed by atoms with E-state index in [1.54, 1.807) is 0 Å². The number of nitrogens with one attached hydrogen (secondary N) is 1. The van der Waals surface area contributed by atoms with Crippen LogP contribution in [-0.2, 0) is 13.0 Å². The highest BCUT2D eigenvalue weighted by Crippen LogP contribution is 2.26. The van der Waals surface area contributed by atoms with Gasteiger partial charge < -0.3 is 25.6 Å². The number of fused-ring (bicyclic) bond motifs is 1. The largest absolute Gasteiger partial charge is 0.389 e. The van der Waals surface area contributed by atoms with Gasteiger partial charge in [-0.25, -0.2) is 9.97 Å². The Bertz CT molecular complexity index is 762. The SMILES string of the molecule is CCCCc1nc2c(N)nc(NCCCN(C)C(C)C)cc2n1CC(C)(C)O. The van der Waals surface area contributed by atoms with E-state index >= 15 is 0 Å². The summed E-state index contributed by atoms with van der Waals surface area (Å²) in [4.78, 5) is 11.6. The van der Waals surface area contributed by atoms with Crippen LogP contribution in [0.5, 0.6) is 0 Å². The van der Waals surface area contributed by atoms with E-state index in [9.17, 15) is 5.11 Å². The van der Waals surface area contributed by atoms with Crippen LogP contribution < -0.4 is 11.1 Å². The van der Waals surface area contributed by atoms with Gasteiger partial charge in [0, 0.05) is 25.1 Å². The van der Waals surface area contributed by atoms with Crippen molar-refractivity contribution < 1.29 is 5.11 Å². The number of aliphatic hydroxyl groups is 1. The molecule has 2 heterocycles. The third-order valence-electron chi connectivity index (χ3n) is 5.02. The molecule has 0 radical (unpaired) electrons. The minimum Gasteiger partial charge on any atom is -0.389 e. The van der Waals surface area contributed by atoms with Crippen molar-refractivity contribution in [3.63, 3.8) is 0 Å². The zero-order chi connectivity index (χ0) is 20.9. The molecule has 0 aliphatic rings. The van der Waals surface area contributed by atoms with Gasteiger partial charge in [0.25, 0.3) is 0 Å². The second-order valence-electron chi connectivity index (χ2n) is 8.65. The van der Waals surface area contributed by atoms with Gasteiger partial charge >= 0.3 is 0 Å². The lowest BCUT2D eigenvalue weighted by atomic mass is 10.1. The molecule has 0 fully saturated rings. The first kappa shape index (κ1) is 22.4. The predicted molar refractivity (Wildman–Crippen MR) is 118 cm³/mol. The minimum absolute atomic E-state index is 0.437. The van der Waals surface area contributed by atoms with Crippen LogP contribution in [0.2, 0.25) is 0 Å². The van der Waals surface area contributed by atoms with Crippen molar-refractivity contribution in [1.82, 2.24) is 19.4 Å². The Morgan fingerprint density at radius 1 is 1.29 bits per heavy atom. The van der Waals surface area contributed by atoms with Crippen molar-refractivity contribution in [1.29, 1.82) is 0 Å². The molecule has 0 amide bonds. The number of imidazole rings is 1. The van der Waals surface area contributed by atoms with E-state index in [1.807, 2.05) is 19.9 Å². The van der Waals surface area contributed by atoms with Crippen molar-refractivity contribution in [2.75, 3.05) is 31.2 Å². The van der Waals surface area contributed by atoms with Crippen LogP contribution in [0, 0.1) is 0 Å². The quantitative estimate of drug-likeness (QED) is 0.510. The van der Waals surface area contributed by atoms with E-state index in [2.05, 4.69) is 47.6 Å². The minimum atomic E-state index is -0.832. The van der Waals surface area contributed by atoms with E-state index in [1.165, 1.54) is 0 Å². The molecule has 0 atom stereocenters. The molecule has 2 aromatic heterocycles. The lowest BCUT2D eigenvalue weighted by Crippen LogP contribution is -2.28. The Hall–Kier alpha value is -1.86. The maximum absolute atomic E-state index is 10.4. The lowest BCUT2D eigenvalue weighted by Gasteiger charge is -2.21. The molecule has 2 aromatic rings. The van der Waals surface area contributed by atoms with E-state index in [-0.39, 0.29) is 0 Å². The van der Waals surface area contributed by atoms with Gasteiger partial charge in [0.15, 0.2) is 5.82 Å². The maximum atomic E-state index is 10.4. The van der Waals surface area contributed by atoms with Crippen LogP contribution in [0.3, 0.4) is 0 Å². The number of anilines is 2. The Morgan fingerprint density at radius 2 is 2.00 bits per heavy atom. The van der Waals surface area contributed by atoms with Crippen molar-refractivity contribution in [3.05, 3.63) is 11.9 Å². The Labute approximate surface area is 169 Å². The average Bonchev–Trinajstić information content (AvgIpc) is 2.93. The number of aryl methyl sites for hydroxylation is 1. The van der Waals surface area contributed by atoms with E-state index < -0.39 is 5.60 Å². The number of nitrogens with two attached hydrogens (primary N) is 1. The summed E-state index contributed by atoms with van der Waals surface area (Å²) in [5.41, 5.74) is 7.05. The van der Waals surface area contributed by atoms with Crippen molar-refractivity contribution in [3.8, 4) is 0 Å². The number of rotatable bonds is 11. The van der Waals surface area contributed by atoms with Gasteiger partial charge in [0.05, 0.1) is 17.7 Å². The highest BCUT2D eigenvalue weighted by Gasteiger charge is 2.21. The number of nitrogens with zero attached hydrogens (tertiary/aromatic N) is 4. The fourth-order valence-corrected chi connectivity index (χ4v) is 3.18. The van der Waals surface area contributed by atoms with Crippen LogP contribution in [0.25, 0.3) is 11.0 Å². The lowest BCUT2D eigenvalue weighted by molar-refractivity contribution is 0.0618. The molecule has 0 aliphatic carbocycles. The van der Waals surface area contributed by atoms with Gasteiger partial charge in [-0.05, 0) is 54.1 Å². The van der Waals surface area contributed by atoms with Crippen LogP contribution in [0.1, 0.15) is 59.7 Å². The topological polar surface area (TPSA) is 92.2 Å². The zero-order valence-corrected chi connectivity index (χ0v) is 18.4. The molecular weight excluding hydrogens is 352 g/mol. The van der Waals surface area contributed by atoms with E-state index in [0.717, 1.165) is 61.4 Å². The summed E-state index contributed by atoms with van der Waals surface area (Å²) in [6.07, 6.45) is 4.04. The Kier molecular flexibility index (Phi) is 7.66. The second-order valence-corrected chi connectivity index (χ2v) is 8.65. The first-order valence-electron chi connectivity index (χ1n) is 10.4. The number of hydrogen-bond donors (Lipinski definition) is 3. The third-order valence-corrected chi connectivity index (χ3v) is 5.02. The van der Waals surface area contributed by atoms with Gasteiger partial charge in [-0.15, -0.1) is 0 Å². The second kappa shape index (κ2) is 9.56. The molecule has 0 aliphatic heterocycles. The molecule has 0 aromatic carbocycles. The molecule has 7 heteroatoms. The van der Waals surface area contributed by atoms with Crippen LogP contribution in [0.4, 0.5) is 11.6 Å².